The molecule has 0 atom stereocenters. The molecule has 3 aromatic heterocycles. The van der Waals surface area contributed by atoms with Crippen LogP contribution in [0.25, 0.3) is 17.1 Å². The number of nitrogens with two attached hydrogens (primary N) is 1. The van der Waals surface area contributed by atoms with Crippen LogP contribution in [0.5, 0.6) is 0 Å². The Morgan fingerprint density at radius 2 is 2.17 bits per heavy atom. The molecule has 18 heavy (non-hydrogen) atoms. The molecule has 0 aliphatic heterocycles. The van der Waals surface area contributed by atoms with E-state index in [0.29, 0.717) is 22.9 Å². The number of aromatic nitrogens is 2. The molecule has 0 unspecified atom stereocenters. The molecule has 3 N–H and O–H groups in total. The van der Waals surface area contributed by atoms with E-state index in [4.69, 9.17) is 15.3 Å². The number of imidazole rings is 1. The number of pyridine rings is 1. The van der Waals surface area contributed by atoms with Crippen molar-refractivity contribution in [2.45, 2.75) is 0 Å². The van der Waals surface area contributed by atoms with Gasteiger partial charge in [0.15, 0.2) is 17.3 Å². The van der Waals surface area contributed by atoms with E-state index >= 15 is 0 Å². The SMILES string of the molecule is Nc1cccc2c(C(=O)O)nc(-c3ccco3)n12. The molecule has 3 heterocycles. The third-order valence-electron chi connectivity index (χ3n) is 2.64. The second-order valence-electron chi connectivity index (χ2n) is 3.74. The summed E-state index contributed by atoms with van der Waals surface area (Å²) in [5.41, 5.74) is 6.26. The molecule has 0 radical (unpaired) electrons. The fourth-order valence-electron chi connectivity index (χ4n) is 1.89. The molecule has 0 aliphatic rings. The molecule has 0 aliphatic carbocycles. The Bertz CT molecular complexity index is 728. The lowest BCUT2D eigenvalue weighted by Crippen LogP contribution is -1.99. The molecule has 6 nitrogen and oxygen atoms in total. The lowest BCUT2D eigenvalue weighted by Gasteiger charge is -2.02. The first-order chi connectivity index (χ1) is 8.68. The number of hydrogen-bond acceptors (Lipinski definition) is 4. The first-order valence-electron chi connectivity index (χ1n) is 5.22. The molecule has 0 bridgehead atoms. The number of carboxylic acids is 1. The first kappa shape index (κ1) is 10.4. The van der Waals surface area contributed by atoms with E-state index < -0.39 is 5.97 Å². The Labute approximate surface area is 101 Å². The highest BCUT2D eigenvalue weighted by Crippen LogP contribution is 2.25. The maximum atomic E-state index is 11.2. The topological polar surface area (TPSA) is 93.8 Å². The van der Waals surface area contributed by atoms with Gasteiger partial charge >= 0.3 is 5.97 Å². The van der Waals surface area contributed by atoms with Gasteiger partial charge in [-0.15, -0.1) is 0 Å². The van der Waals surface area contributed by atoms with Crippen molar-refractivity contribution in [3.63, 3.8) is 0 Å². The Kier molecular flexibility index (Phi) is 2.09. The van der Waals surface area contributed by atoms with Crippen LogP contribution >= 0.6 is 0 Å². The van der Waals surface area contributed by atoms with Crippen LogP contribution < -0.4 is 5.73 Å². The molecule has 6 heteroatoms. The minimum atomic E-state index is -1.10. The highest BCUT2D eigenvalue weighted by molar-refractivity contribution is 5.95. The van der Waals surface area contributed by atoms with Crippen molar-refractivity contribution in [1.82, 2.24) is 9.38 Å². The molecule has 90 valence electrons. The van der Waals surface area contributed by atoms with Crippen LogP contribution in [-0.2, 0) is 0 Å². The largest absolute Gasteiger partial charge is 0.476 e. The van der Waals surface area contributed by atoms with Gasteiger partial charge in [-0.1, -0.05) is 6.07 Å². The van der Waals surface area contributed by atoms with E-state index in [2.05, 4.69) is 4.98 Å². The van der Waals surface area contributed by atoms with Crippen LogP contribution in [0.2, 0.25) is 0 Å². The summed E-state index contributed by atoms with van der Waals surface area (Å²) in [6, 6.07) is 8.42. The normalized spacial score (nSPS) is 10.9. The quantitative estimate of drug-likeness (QED) is 0.716. The van der Waals surface area contributed by atoms with E-state index in [-0.39, 0.29) is 5.69 Å². The fourth-order valence-corrected chi connectivity index (χ4v) is 1.89. The van der Waals surface area contributed by atoms with Crippen molar-refractivity contribution in [1.29, 1.82) is 0 Å². The number of fused-ring (bicyclic) bond motifs is 1. The average Bonchev–Trinajstić information content (AvgIpc) is 2.95. The van der Waals surface area contributed by atoms with Crippen molar-refractivity contribution in [3.8, 4) is 11.6 Å². The smallest absolute Gasteiger partial charge is 0.356 e. The Hall–Kier alpha value is -2.76. The summed E-state index contributed by atoms with van der Waals surface area (Å²) in [7, 11) is 0. The van der Waals surface area contributed by atoms with E-state index in [1.54, 1.807) is 34.7 Å². The maximum absolute atomic E-state index is 11.2. The Morgan fingerprint density at radius 3 is 2.83 bits per heavy atom. The lowest BCUT2D eigenvalue weighted by atomic mass is 10.3. The number of carbonyl (C=O) groups is 1. The third-order valence-corrected chi connectivity index (χ3v) is 2.64. The maximum Gasteiger partial charge on any atom is 0.356 e. The number of anilines is 1. The molecule has 3 aromatic rings. The zero-order chi connectivity index (χ0) is 12.7. The molecule has 3 rings (SSSR count). The Morgan fingerprint density at radius 1 is 1.33 bits per heavy atom. The van der Waals surface area contributed by atoms with Crippen LogP contribution in [0.1, 0.15) is 10.5 Å². The highest BCUT2D eigenvalue weighted by Gasteiger charge is 2.20. The second-order valence-corrected chi connectivity index (χ2v) is 3.74. The van der Waals surface area contributed by atoms with Crippen molar-refractivity contribution < 1.29 is 14.3 Å². The zero-order valence-electron chi connectivity index (χ0n) is 9.20. The van der Waals surface area contributed by atoms with Gasteiger partial charge in [-0.2, -0.15) is 0 Å². The summed E-state index contributed by atoms with van der Waals surface area (Å²) in [4.78, 5) is 15.2. The minimum Gasteiger partial charge on any atom is -0.476 e. The Balaban J connectivity index is 2.42. The lowest BCUT2D eigenvalue weighted by molar-refractivity contribution is 0.0693. The predicted octanol–water partition coefficient (Wildman–Crippen LogP) is 1.87. The summed E-state index contributed by atoms with van der Waals surface area (Å²) >= 11 is 0. The first-order valence-corrected chi connectivity index (χ1v) is 5.22. The number of hydrogen-bond donors (Lipinski definition) is 2. The highest BCUT2D eigenvalue weighted by atomic mass is 16.4. The number of nitrogens with zero attached hydrogens (tertiary/aromatic N) is 2. The molecular formula is C12H9N3O3. The molecule has 0 fully saturated rings. The van der Waals surface area contributed by atoms with Gasteiger partial charge in [0.2, 0.25) is 0 Å². The predicted molar refractivity (Wildman–Crippen MR) is 64.3 cm³/mol. The summed E-state index contributed by atoms with van der Waals surface area (Å²) < 4.78 is 6.80. The molecule has 0 spiro atoms. The standard InChI is InChI=1S/C12H9N3O3/c13-9-5-1-3-7-10(12(16)17)14-11(15(7)9)8-4-2-6-18-8/h1-6H,13H2,(H,16,17). The zero-order valence-corrected chi connectivity index (χ0v) is 9.20. The van der Waals surface area contributed by atoms with Crippen molar-refractivity contribution in [3.05, 3.63) is 42.3 Å². The van der Waals surface area contributed by atoms with Crippen LogP contribution in [-0.4, -0.2) is 20.5 Å². The van der Waals surface area contributed by atoms with Gasteiger partial charge in [0.25, 0.3) is 0 Å². The molecule has 0 aromatic carbocycles. The van der Waals surface area contributed by atoms with Gasteiger partial charge in [-0.05, 0) is 24.3 Å². The molecule has 0 saturated heterocycles. The summed E-state index contributed by atoms with van der Waals surface area (Å²) in [5, 5.41) is 9.14. The molecule has 0 saturated carbocycles. The van der Waals surface area contributed by atoms with E-state index in [9.17, 15) is 4.79 Å². The average molecular weight is 243 g/mol. The van der Waals surface area contributed by atoms with Gasteiger partial charge in [0, 0.05) is 0 Å². The third kappa shape index (κ3) is 1.36. The summed E-state index contributed by atoms with van der Waals surface area (Å²) in [6.45, 7) is 0. The second kappa shape index (κ2) is 3.63. The number of rotatable bonds is 2. The van der Waals surface area contributed by atoms with Crippen molar-refractivity contribution in [2.75, 3.05) is 5.73 Å². The van der Waals surface area contributed by atoms with Crippen LogP contribution in [0.4, 0.5) is 5.82 Å². The fraction of sp³-hybridized carbons (Fsp3) is 0. The number of furan rings is 1. The van der Waals surface area contributed by atoms with Crippen LogP contribution in [0.3, 0.4) is 0 Å². The monoisotopic (exact) mass is 243 g/mol. The number of nitrogen functional groups attached to an aromatic ring is 1. The van der Waals surface area contributed by atoms with E-state index in [1.807, 2.05) is 0 Å². The number of aromatic carboxylic acids is 1. The molecule has 0 amide bonds. The molecular weight excluding hydrogens is 234 g/mol. The summed E-state index contributed by atoms with van der Waals surface area (Å²) in [5.74, 6) is 0.149. The van der Waals surface area contributed by atoms with E-state index in [1.165, 1.54) is 6.26 Å². The van der Waals surface area contributed by atoms with Gasteiger partial charge in [0.05, 0.1) is 11.8 Å². The van der Waals surface area contributed by atoms with Gasteiger partial charge in [0.1, 0.15) is 5.82 Å². The van der Waals surface area contributed by atoms with E-state index in [0.717, 1.165) is 0 Å². The number of carboxylic acid groups (broad SMARTS) is 1. The van der Waals surface area contributed by atoms with Gasteiger partial charge in [-0.25, -0.2) is 9.78 Å². The summed E-state index contributed by atoms with van der Waals surface area (Å²) in [6.07, 6.45) is 1.50. The van der Waals surface area contributed by atoms with Crippen LogP contribution in [0.15, 0.2) is 41.0 Å². The minimum absolute atomic E-state index is 0.0475. The van der Waals surface area contributed by atoms with Gasteiger partial charge in [-0.3, -0.25) is 4.40 Å². The van der Waals surface area contributed by atoms with Crippen molar-refractivity contribution >= 4 is 17.3 Å². The van der Waals surface area contributed by atoms with Gasteiger partial charge < -0.3 is 15.3 Å². The van der Waals surface area contributed by atoms with Crippen LogP contribution in [0, 0.1) is 0 Å². The van der Waals surface area contributed by atoms with Crippen molar-refractivity contribution in [2.24, 2.45) is 0 Å².